The largest absolute Gasteiger partial charge is 0.456 e. The van der Waals surface area contributed by atoms with E-state index in [4.69, 9.17) is 8.83 Å². The maximum atomic E-state index is 6.97. The maximum absolute atomic E-state index is 6.97. The van der Waals surface area contributed by atoms with E-state index < -0.39 is 0 Å². The topological polar surface area (TPSA) is 32.8 Å². The molecule has 0 aliphatic rings. The van der Waals surface area contributed by atoms with E-state index in [0.29, 0.717) is 0 Å². The van der Waals surface area contributed by atoms with Gasteiger partial charge in [0.2, 0.25) is 0 Å². The monoisotopic (exact) mass is 804 g/mol. The van der Waals surface area contributed by atoms with Crippen LogP contribution in [0, 0.1) is 0 Å². The quantitative estimate of drug-likeness (QED) is 0.138. The number of hydrogen-bond acceptors (Lipinski definition) is 4. The normalized spacial score (nSPS) is 11.8. The van der Waals surface area contributed by atoms with Gasteiger partial charge < -0.3 is 18.6 Å². The number of fused-ring (bicyclic) bond motifs is 10. The zero-order valence-electron chi connectivity index (χ0n) is 35.7. The Labute approximate surface area is 362 Å². The fourth-order valence-corrected chi connectivity index (χ4v) is 9.48. The Kier molecular flexibility index (Phi) is 9.30. The van der Waals surface area contributed by atoms with E-state index in [1.165, 1.54) is 22.3 Å². The first-order valence-corrected chi connectivity index (χ1v) is 22.2. The molecular weight excluding hydrogens is 757 g/mol. The minimum Gasteiger partial charge on any atom is -0.456 e. The third-order valence-corrected chi connectivity index (χ3v) is 12.9. The van der Waals surface area contributed by atoms with Crippen LogP contribution in [0.25, 0.3) is 65.4 Å². The Bertz CT molecular complexity index is 3100. The number of rotatable bonds is 10. The number of nitrogens with zero attached hydrogens (tertiary/aromatic N) is 2. The molecule has 302 valence electrons. The standard InChI is InChI=1S/C58H48N2O2/c1-5-37-17-25-41(26-18-37)59(42-27-19-38(6-2)20-28-42)51-35-55-57(47-15-11-9-13-45(47)51)49-33-54-50(34-53(49)61-55)58-48-16-12-10-14-46(48)52(36-56(58)62-54)60(43-29-21-39(7-3)22-30-43)44-31-23-40(8-4)24-32-44/h9-36H,5-8H2,1-4H3. The summed E-state index contributed by atoms with van der Waals surface area (Å²) < 4.78 is 13.9. The third kappa shape index (κ3) is 6.20. The lowest BCUT2D eigenvalue weighted by atomic mass is 9.98. The number of furan rings is 2. The van der Waals surface area contributed by atoms with Crippen LogP contribution in [0.4, 0.5) is 34.1 Å². The second-order valence-corrected chi connectivity index (χ2v) is 16.4. The summed E-state index contributed by atoms with van der Waals surface area (Å²) in [4.78, 5) is 4.74. The van der Waals surface area contributed by atoms with Crippen molar-refractivity contribution in [1.29, 1.82) is 0 Å². The minimum atomic E-state index is 0.838. The van der Waals surface area contributed by atoms with Crippen molar-refractivity contribution < 1.29 is 8.83 Å². The van der Waals surface area contributed by atoms with Gasteiger partial charge in [0.25, 0.3) is 0 Å². The lowest BCUT2D eigenvalue weighted by Crippen LogP contribution is -2.10. The molecule has 0 aliphatic heterocycles. The van der Waals surface area contributed by atoms with Crippen molar-refractivity contribution in [1.82, 2.24) is 0 Å². The van der Waals surface area contributed by atoms with E-state index in [-0.39, 0.29) is 0 Å². The molecule has 0 N–H and O–H groups in total. The van der Waals surface area contributed by atoms with Crippen molar-refractivity contribution in [3.8, 4) is 0 Å². The summed E-state index contributed by atoms with van der Waals surface area (Å²) in [6.07, 6.45) is 3.98. The first kappa shape index (κ1) is 37.7. The highest BCUT2D eigenvalue weighted by atomic mass is 16.3. The highest BCUT2D eigenvalue weighted by Crippen LogP contribution is 2.48. The Hall–Kier alpha value is -7.30. The molecule has 0 saturated carbocycles. The third-order valence-electron chi connectivity index (χ3n) is 12.9. The summed E-state index contributed by atoms with van der Waals surface area (Å²) in [5.74, 6) is 0. The molecule has 0 saturated heterocycles. The van der Waals surface area contributed by atoms with Gasteiger partial charge in [-0.2, -0.15) is 0 Å². The van der Waals surface area contributed by atoms with E-state index >= 15 is 0 Å². The highest BCUT2D eigenvalue weighted by molar-refractivity contribution is 6.27. The lowest BCUT2D eigenvalue weighted by Gasteiger charge is -2.27. The summed E-state index contributed by atoms with van der Waals surface area (Å²) >= 11 is 0. The van der Waals surface area contributed by atoms with Crippen LogP contribution in [0.3, 0.4) is 0 Å². The van der Waals surface area contributed by atoms with Crippen LogP contribution in [0.2, 0.25) is 0 Å². The molecule has 0 radical (unpaired) electrons. The summed E-state index contributed by atoms with van der Waals surface area (Å²) in [7, 11) is 0. The maximum Gasteiger partial charge on any atom is 0.138 e. The van der Waals surface area contributed by atoms with E-state index in [2.05, 4.69) is 207 Å². The molecule has 0 spiro atoms. The van der Waals surface area contributed by atoms with Crippen LogP contribution < -0.4 is 9.80 Å². The molecule has 11 aromatic rings. The Morgan fingerprint density at radius 1 is 0.306 bits per heavy atom. The van der Waals surface area contributed by atoms with Gasteiger partial charge in [0, 0.05) is 67.2 Å². The van der Waals surface area contributed by atoms with E-state index in [0.717, 1.165) is 125 Å². The van der Waals surface area contributed by atoms with E-state index in [1.807, 2.05) is 0 Å². The molecule has 0 aliphatic carbocycles. The Morgan fingerprint density at radius 3 is 0.887 bits per heavy atom. The summed E-state index contributed by atoms with van der Waals surface area (Å²) in [5, 5.41) is 8.85. The predicted octanol–water partition coefficient (Wildman–Crippen LogP) is 17.0. The molecule has 0 bridgehead atoms. The number of benzene rings is 9. The SMILES string of the molecule is CCc1ccc(N(c2ccc(CC)cc2)c2cc3oc4cc5c(cc4c3c3ccccc23)oc2cc(N(c3ccc(CC)cc3)c3ccc(CC)cc3)c3ccccc3c25)cc1. The molecule has 11 rings (SSSR count). The van der Waals surface area contributed by atoms with Crippen molar-refractivity contribution in [2.24, 2.45) is 0 Å². The first-order valence-electron chi connectivity index (χ1n) is 22.2. The van der Waals surface area contributed by atoms with Gasteiger partial charge in [0.15, 0.2) is 0 Å². The molecule has 0 unspecified atom stereocenters. The van der Waals surface area contributed by atoms with Crippen molar-refractivity contribution in [2.75, 3.05) is 9.80 Å². The number of aryl methyl sites for hydroxylation is 4. The van der Waals surface area contributed by atoms with E-state index in [9.17, 15) is 0 Å². The van der Waals surface area contributed by atoms with Crippen molar-refractivity contribution in [3.63, 3.8) is 0 Å². The Morgan fingerprint density at radius 2 is 0.597 bits per heavy atom. The number of hydrogen-bond donors (Lipinski definition) is 0. The van der Waals surface area contributed by atoms with Gasteiger partial charge in [0.1, 0.15) is 22.3 Å². The van der Waals surface area contributed by atoms with Gasteiger partial charge in [0.05, 0.1) is 11.4 Å². The molecule has 0 atom stereocenters. The zero-order chi connectivity index (χ0) is 41.9. The van der Waals surface area contributed by atoms with Gasteiger partial charge in [-0.1, -0.05) is 125 Å². The summed E-state index contributed by atoms with van der Waals surface area (Å²) in [5.41, 5.74) is 15.2. The Balaban J connectivity index is 1.13. The van der Waals surface area contributed by atoms with Gasteiger partial charge >= 0.3 is 0 Å². The van der Waals surface area contributed by atoms with Crippen LogP contribution in [0.5, 0.6) is 0 Å². The fourth-order valence-electron chi connectivity index (χ4n) is 9.48. The smallest absolute Gasteiger partial charge is 0.138 e. The van der Waals surface area contributed by atoms with E-state index in [1.54, 1.807) is 0 Å². The fraction of sp³-hybridized carbons (Fsp3) is 0.138. The van der Waals surface area contributed by atoms with Crippen LogP contribution in [-0.2, 0) is 25.7 Å². The first-order chi connectivity index (χ1) is 30.5. The summed E-state index contributed by atoms with van der Waals surface area (Å²) in [6.45, 7) is 8.81. The average Bonchev–Trinajstić information content (AvgIpc) is 3.88. The van der Waals surface area contributed by atoms with Gasteiger partial charge in [-0.25, -0.2) is 0 Å². The molecule has 0 fully saturated rings. The number of anilines is 6. The molecule has 4 nitrogen and oxygen atoms in total. The zero-order valence-corrected chi connectivity index (χ0v) is 35.7. The van der Waals surface area contributed by atoms with Crippen LogP contribution >= 0.6 is 0 Å². The molecule has 2 heterocycles. The van der Waals surface area contributed by atoms with Crippen LogP contribution in [0.1, 0.15) is 49.9 Å². The van der Waals surface area contributed by atoms with Gasteiger partial charge in [-0.05, 0) is 119 Å². The van der Waals surface area contributed by atoms with Crippen molar-refractivity contribution >= 4 is 99.5 Å². The molecule has 9 aromatic carbocycles. The van der Waals surface area contributed by atoms with Crippen LogP contribution in [0.15, 0.2) is 179 Å². The second kappa shape index (κ2) is 15.3. The predicted molar refractivity (Wildman–Crippen MR) is 263 cm³/mol. The van der Waals surface area contributed by atoms with Gasteiger partial charge in [-0.15, -0.1) is 0 Å². The van der Waals surface area contributed by atoms with Crippen molar-refractivity contribution in [3.05, 3.63) is 192 Å². The van der Waals surface area contributed by atoms with Gasteiger partial charge in [-0.3, -0.25) is 0 Å². The van der Waals surface area contributed by atoms with Crippen LogP contribution in [-0.4, -0.2) is 0 Å². The molecular formula is C58H48N2O2. The molecule has 4 heteroatoms. The minimum absolute atomic E-state index is 0.838. The summed E-state index contributed by atoms with van der Waals surface area (Å²) in [6, 6.07) is 62.1. The average molecular weight is 805 g/mol. The second-order valence-electron chi connectivity index (χ2n) is 16.4. The molecule has 2 aromatic heterocycles. The molecule has 0 amide bonds. The lowest BCUT2D eigenvalue weighted by molar-refractivity contribution is 0.664. The van der Waals surface area contributed by atoms with Crippen molar-refractivity contribution in [2.45, 2.75) is 53.4 Å². The highest BCUT2D eigenvalue weighted by Gasteiger charge is 2.24. The molecule has 62 heavy (non-hydrogen) atoms.